The molecule has 1 aromatic carbocycles. The monoisotopic (exact) mass is 319 g/mol. The summed E-state index contributed by atoms with van der Waals surface area (Å²) >= 11 is 0. The molecule has 2 aromatic rings. The second-order valence-electron chi connectivity index (χ2n) is 5.91. The Bertz CT molecular complexity index is 638. The zero-order valence-corrected chi connectivity index (χ0v) is 14.2. The Balaban J connectivity index is 2.15. The van der Waals surface area contributed by atoms with Crippen LogP contribution in [-0.2, 0) is 26.0 Å². The van der Waals surface area contributed by atoms with Gasteiger partial charge in [0.05, 0.1) is 26.5 Å². The van der Waals surface area contributed by atoms with Crippen LogP contribution in [-0.4, -0.2) is 34.3 Å². The molecule has 0 saturated carbocycles. The number of methoxy groups -OCH3 is 2. The van der Waals surface area contributed by atoms with Crippen molar-refractivity contribution in [1.29, 1.82) is 0 Å². The minimum Gasteiger partial charge on any atom is -0.493 e. The van der Waals surface area contributed by atoms with Gasteiger partial charge in [-0.15, -0.1) is 5.10 Å². The van der Waals surface area contributed by atoms with E-state index in [0.717, 1.165) is 42.1 Å². The number of aliphatic hydroxyl groups excluding tert-OH is 1. The van der Waals surface area contributed by atoms with Gasteiger partial charge in [-0.25, -0.2) is 4.68 Å². The van der Waals surface area contributed by atoms with Crippen molar-refractivity contribution in [3.8, 4) is 11.5 Å². The number of aryl methyl sites for hydroxylation is 1. The molecule has 1 aromatic heterocycles. The molecule has 0 unspecified atom stereocenters. The molecule has 0 amide bonds. The second-order valence-corrected chi connectivity index (χ2v) is 5.91. The van der Waals surface area contributed by atoms with Crippen LogP contribution in [0.5, 0.6) is 11.5 Å². The van der Waals surface area contributed by atoms with Crippen LogP contribution in [0.25, 0.3) is 0 Å². The highest BCUT2D eigenvalue weighted by Gasteiger charge is 2.14. The third kappa shape index (κ3) is 4.22. The van der Waals surface area contributed by atoms with E-state index in [1.165, 1.54) is 0 Å². The summed E-state index contributed by atoms with van der Waals surface area (Å²) in [6, 6.07) is 5.91. The summed E-state index contributed by atoms with van der Waals surface area (Å²) in [5.74, 6) is 1.92. The first-order valence-corrected chi connectivity index (χ1v) is 7.82. The number of hydrogen-bond donors (Lipinski definition) is 1. The highest BCUT2D eigenvalue weighted by Crippen LogP contribution is 2.28. The highest BCUT2D eigenvalue weighted by atomic mass is 16.5. The summed E-state index contributed by atoms with van der Waals surface area (Å²) < 4.78 is 12.5. The molecular weight excluding hydrogens is 294 g/mol. The van der Waals surface area contributed by atoms with Gasteiger partial charge in [0.1, 0.15) is 5.69 Å². The summed E-state index contributed by atoms with van der Waals surface area (Å²) in [5, 5.41) is 17.7. The molecule has 1 N–H and O–H groups in total. The Labute approximate surface area is 137 Å². The maximum absolute atomic E-state index is 9.46. The molecule has 0 bridgehead atoms. The molecule has 126 valence electrons. The number of nitrogens with zero attached hydrogens (tertiary/aromatic N) is 3. The summed E-state index contributed by atoms with van der Waals surface area (Å²) in [5.41, 5.74) is 2.80. The molecule has 1 heterocycles. The molecule has 0 fully saturated rings. The van der Waals surface area contributed by atoms with E-state index in [0.29, 0.717) is 11.6 Å². The van der Waals surface area contributed by atoms with Crippen LogP contribution < -0.4 is 9.47 Å². The van der Waals surface area contributed by atoms with Crippen molar-refractivity contribution in [2.75, 3.05) is 14.2 Å². The summed E-state index contributed by atoms with van der Waals surface area (Å²) in [4.78, 5) is 0. The lowest BCUT2D eigenvalue weighted by atomic mass is 10.1. The van der Waals surface area contributed by atoms with E-state index >= 15 is 0 Å². The Morgan fingerprint density at radius 3 is 2.48 bits per heavy atom. The van der Waals surface area contributed by atoms with Crippen molar-refractivity contribution >= 4 is 0 Å². The van der Waals surface area contributed by atoms with Gasteiger partial charge in [0, 0.05) is 6.54 Å². The zero-order valence-electron chi connectivity index (χ0n) is 14.2. The molecule has 0 radical (unpaired) electrons. The fourth-order valence-electron chi connectivity index (χ4n) is 2.56. The predicted molar refractivity (Wildman–Crippen MR) is 87.7 cm³/mol. The van der Waals surface area contributed by atoms with E-state index in [-0.39, 0.29) is 6.61 Å². The van der Waals surface area contributed by atoms with Gasteiger partial charge >= 0.3 is 0 Å². The smallest absolute Gasteiger partial charge is 0.160 e. The third-order valence-corrected chi connectivity index (χ3v) is 3.70. The lowest BCUT2D eigenvalue weighted by molar-refractivity contribution is 0.275. The standard InChI is InChI=1S/C17H25N3O3/c1-12(2)10-20-15(14(11-21)18-19-20)7-5-13-6-8-16(22-3)17(9-13)23-4/h6,8-9,12,21H,5,7,10-11H2,1-4H3. The lowest BCUT2D eigenvalue weighted by Gasteiger charge is -2.11. The van der Waals surface area contributed by atoms with Crippen molar-refractivity contribution < 1.29 is 14.6 Å². The first-order chi connectivity index (χ1) is 11.1. The molecule has 23 heavy (non-hydrogen) atoms. The Morgan fingerprint density at radius 1 is 1.13 bits per heavy atom. The van der Waals surface area contributed by atoms with Crippen molar-refractivity contribution in [3.63, 3.8) is 0 Å². The van der Waals surface area contributed by atoms with Crippen LogP contribution in [0, 0.1) is 5.92 Å². The third-order valence-electron chi connectivity index (χ3n) is 3.70. The van der Waals surface area contributed by atoms with E-state index in [2.05, 4.69) is 24.2 Å². The molecule has 0 aliphatic rings. The number of aliphatic hydroxyl groups is 1. The van der Waals surface area contributed by atoms with Gasteiger partial charge in [-0.2, -0.15) is 0 Å². The average molecular weight is 319 g/mol. The number of benzene rings is 1. The zero-order chi connectivity index (χ0) is 16.8. The van der Waals surface area contributed by atoms with E-state index in [4.69, 9.17) is 9.47 Å². The fourth-order valence-corrected chi connectivity index (χ4v) is 2.56. The first-order valence-electron chi connectivity index (χ1n) is 7.82. The normalized spacial score (nSPS) is 11.0. The van der Waals surface area contributed by atoms with Gasteiger partial charge in [-0.3, -0.25) is 0 Å². The second kappa shape index (κ2) is 7.97. The summed E-state index contributed by atoms with van der Waals surface area (Å²) in [6.07, 6.45) is 1.59. The molecule has 6 nitrogen and oxygen atoms in total. The van der Waals surface area contributed by atoms with Crippen molar-refractivity contribution in [2.45, 2.75) is 39.8 Å². The summed E-state index contributed by atoms with van der Waals surface area (Å²) in [6.45, 7) is 4.99. The largest absolute Gasteiger partial charge is 0.493 e. The number of hydrogen-bond acceptors (Lipinski definition) is 5. The van der Waals surface area contributed by atoms with E-state index < -0.39 is 0 Å². The van der Waals surface area contributed by atoms with E-state index in [1.807, 2.05) is 22.9 Å². The number of ether oxygens (including phenoxy) is 2. The lowest BCUT2D eigenvalue weighted by Crippen LogP contribution is -2.11. The highest BCUT2D eigenvalue weighted by molar-refractivity contribution is 5.43. The molecule has 6 heteroatoms. The molecular formula is C17H25N3O3. The minimum atomic E-state index is -0.0840. The van der Waals surface area contributed by atoms with Gasteiger partial charge in [0.25, 0.3) is 0 Å². The van der Waals surface area contributed by atoms with Crippen molar-refractivity contribution in [1.82, 2.24) is 15.0 Å². The molecule has 0 aliphatic heterocycles. The van der Waals surface area contributed by atoms with Crippen molar-refractivity contribution in [3.05, 3.63) is 35.2 Å². The van der Waals surface area contributed by atoms with E-state index in [9.17, 15) is 5.11 Å². The fraction of sp³-hybridized carbons (Fsp3) is 0.529. The van der Waals surface area contributed by atoms with Gasteiger partial charge in [-0.1, -0.05) is 25.1 Å². The molecule has 0 spiro atoms. The van der Waals surface area contributed by atoms with Crippen LogP contribution in [0.3, 0.4) is 0 Å². The number of aromatic nitrogens is 3. The molecule has 0 atom stereocenters. The minimum absolute atomic E-state index is 0.0840. The van der Waals surface area contributed by atoms with Crippen molar-refractivity contribution in [2.24, 2.45) is 5.92 Å². The summed E-state index contributed by atoms with van der Waals surface area (Å²) in [7, 11) is 3.26. The van der Waals surface area contributed by atoms with Gasteiger partial charge in [0.15, 0.2) is 11.5 Å². The predicted octanol–water partition coefficient (Wildman–Crippen LogP) is 2.23. The van der Waals surface area contributed by atoms with Gasteiger partial charge < -0.3 is 14.6 Å². The van der Waals surface area contributed by atoms with E-state index in [1.54, 1.807) is 14.2 Å². The van der Waals surface area contributed by atoms with Gasteiger partial charge in [-0.05, 0) is 36.5 Å². The SMILES string of the molecule is COc1ccc(CCc2c(CO)nnn2CC(C)C)cc1OC. The first kappa shape index (κ1) is 17.3. The van der Waals surface area contributed by atoms with Crippen LogP contribution in [0.2, 0.25) is 0 Å². The Hall–Kier alpha value is -2.08. The van der Waals surface area contributed by atoms with Gasteiger partial charge in [0.2, 0.25) is 0 Å². The van der Waals surface area contributed by atoms with Crippen LogP contribution in [0.4, 0.5) is 0 Å². The van der Waals surface area contributed by atoms with Crippen LogP contribution in [0.15, 0.2) is 18.2 Å². The van der Waals surface area contributed by atoms with Crippen LogP contribution >= 0.6 is 0 Å². The maximum Gasteiger partial charge on any atom is 0.160 e. The number of rotatable bonds is 8. The topological polar surface area (TPSA) is 69.4 Å². The molecule has 0 aliphatic carbocycles. The Kier molecular flexibility index (Phi) is 5.98. The molecule has 2 rings (SSSR count). The average Bonchev–Trinajstić information content (AvgIpc) is 2.93. The molecule has 0 saturated heterocycles. The maximum atomic E-state index is 9.46. The van der Waals surface area contributed by atoms with Crippen LogP contribution in [0.1, 0.15) is 30.8 Å². The quantitative estimate of drug-likeness (QED) is 0.808. The Morgan fingerprint density at radius 2 is 1.87 bits per heavy atom.